The van der Waals surface area contributed by atoms with E-state index in [-0.39, 0.29) is 17.9 Å². The molecular formula is C30H26ClN5O2S. The van der Waals surface area contributed by atoms with Crippen molar-refractivity contribution < 1.29 is 4.79 Å². The quantitative estimate of drug-likeness (QED) is 0.228. The standard InChI is InChI=1S/C30H26ClN5O2S/c1-2-9-25(35(17-8-16-32)30(38)27-18-20-10-6-7-13-26(20)39-27)28-33-24-19-21(31)14-15-23(24)29(37)36(28)34-22-11-4-3-5-12-22/h1,3-7,10-15,18-19,25,34H,8-9,16-17,32H2/t25-/m1/s1. The van der Waals surface area contributed by atoms with Crippen LogP contribution in [0.15, 0.2) is 83.7 Å². The Labute approximate surface area is 234 Å². The Kier molecular flexibility index (Phi) is 7.94. The van der Waals surface area contributed by atoms with Crippen molar-refractivity contribution in [1.29, 1.82) is 0 Å². The summed E-state index contributed by atoms with van der Waals surface area (Å²) in [5.41, 5.74) is 9.81. The van der Waals surface area contributed by atoms with Gasteiger partial charge in [-0.25, -0.2) is 9.66 Å². The molecule has 3 aromatic carbocycles. The second kappa shape index (κ2) is 11.7. The number of fused-ring (bicyclic) bond motifs is 2. The summed E-state index contributed by atoms with van der Waals surface area (Å²) >= 11 is 7.68. The van der Waals surface area contributed by atoms with Gasteiger partial charge in [0.1, 0.15) is 6.04 Å². The molecular weight excluding hydrogens is 530 g/mol. The van der Waals surface area contributed by atoms with E-state index in [1.807, 2.05) is 60.7 Å². The summed E-state index contributed by atoms with van der Waals surface area (Å²) < 4.78 is 2.38. The van der Waals surface area contributed by atoms with Crippen LogP contribution in [0.5, 0.6) is 0 Å². The molecule has 7 nitrogen and oxygen atoms in total. The second-order valence-corrected chi connectivity index (χ2v) is 10.5. The first-order valence-electron chi connectivity index (χ1n) is 12.5. The summed E-state index contributed by atoms with van der Waals surface area (Å²) in [5, 5.41) is 1.82. The zero-order valence-corrected chi connectivity index (χ0v) is 22.6. The molecule has 5 rings (SSSR count). The average Bonchev–Trinajstić information content (AvgIpc) is 3.39. The molecule has 0 aliphatic rings. The van der Waals surface area contributed by atoms with Gasteiger partial charge >= 0.3 is 0 Å². The molecule has 196 valence electrons. The first kappa shape index (κ1) is 26.4. The summed E-state index contributed by atoms with van der Waals surface area (Å²) in [4.78, 5) is 35.0. The average molecular weight is 556 g/mol. The van der Waals surface area contributed by atoms with E-state index in [1.165, 1.54) is 16.0 Å². The van der Waals surface area contributed by atoms with Gasteiger partial charge in [-0.3, -0.25) is 15.0 Å². The third-order valence-electron chi connectivity index (χ3n) is 6.36. The highest BCUT2D eigenvalue weighted by molar-refractivity contribution is 7.20. The highest BCUT2D eigenvalue weighted by atomic mass is 35.5. The van der Waals surface area contributed by atoms with Crippen molar-refractivity contribution in [2.75, 3.05) is 18.5 Å². The fourth-order valence-electron chi connectivity index (χ4n) is 4.49. The summed E-state index contributed by atoms with van der Waals surface area (Å²) in [6.07, 6.45) is 6.53. The highest BCUT2D eigenvalue weighted by Crippen LogP contribution is 2.31. The Morgan fingerprint density at radius 1 is 1.13 bits per heavy atom. The monoisotopic (exact) mass is 555 g/mol. The van der Waals surface area contributed by atoms with Gasteiger partial charge in [0, 0.05) is 22.7 Å². The van der Waals surface area contributed by atoms with Gasteiger partial charge in [0.2, 0.25) is 0 Å². The molecule has 0 unspecified atom stereocenters. The van der Waals surface area contributed by atoms with Crippen LogP contribution in [0.4, 0.5) is 5.69 Å². The molecule has 9 heteroatoms. The molecule has 1 atom stereocenters. The van der Waals surface area contributed by atoms with Crippen LogP contribution < -0.4 is 16.7 Å². The number of terminal acetylenes is 1. The zero-order valence-electron chi connectivity index (χ0n) is 21.0. The topological polar surface area (TPSA) is 93.2 Å². The number of amides is 1. The van der Waals surface area contributed by atoms with Crippen molar-refractivity contribution in [2.45, 2.75) is 18.9 Å². The lowest BCUT2D eigenvalue weighted by Crippen LogP contribution is -2.41. The number of aromatic nitrogens is 2. The van der Waals surface area contributed by atoms with E-state index in [0.717, 1.165) is 10.1 Å². The van der Waals surface area contributed by atoms with Crippen LogP contribution in [0.25, 0.3) is 21.0 Å². The van der Waals surface area contributed by atoms with Gasteiger partial charge in [0.25, 0.3) is 11.5 Å². The van der Waals surface area contributed by atoms with E-state index in [1.54, 1.807) is 23.1 Å². The van der Waals surface area contributed by atoms with Gasteiger partial charge in [-0.1, -0.05) is 48.0 Å². The fourth-order valence-corrected chi connectivity index (χ4v) is 5.68. The number of carbonyl (C=O) groups is 1. The maximum absolute atomic E-state index is 14.1. The Bertz CT molecular complexity index is 1710. The minimum atomic E-state index is -0.716. The number of rotatable bonds is 9. The maximum atomic E-state index is 14.1. The number of para-hydroxylation sites is 1. The van der Waals surface area contributed by atoms with E-state index in [2.05, 4.69) is 11.3 Å². The van der Waals surface area contributed by atoms with Gasteiger partial charge < -0.3 is 10.6 Å². The van der Waals surface area contributed by atoms with Crippen LogP contribution in [0.3, 0.4) is 0 Å². The normalized spacial score (nSPS) is 11.8. The number of benzene rings is 3. The first-order valence-corrected chi connectivity index (χ1v) is 13.7. The summed E-state index contributed by atoms with van der Waals surface area (Å²) in [5.74, 6) is 2.81. The van der Waals surface area contributed by atoms with Crippen LogP contribution in [-0.2, 0) is 0 Å². The van der Waals surface area contributed by atoms with Crippen LogP contribution in [0, 0.1) is 12.3 Å². The van der Waals surface area contributed by atoms with Crippen molar-refractivity contribution >= 4 is 55.5 Å². The van der Waals surface area contributed by atoms with Crippen molar-refractivity contribution in [1.82, 2.24) is 14.6 Å². The molecule has 3 N–H and O–H groups in total. The number of hydrogen-bond acceptors (Lipinski definition) is 6. The zero-order chi connectivity index (χ0) is 27.4. The van der Waals surface area contributed by atoms with E-state index >= 15 is 0 Å². The Morgan fingerprint density at radius 2 is 1.90 bits per heavy atom. The van der Waals surface area contributed by atoms with E-state index in [9.17, 15) is 9.59 Å². The molecule has 0 aliphatic carbocycles. The molecule has 5 aromatic rings. The van der Waals surface area contributed by atoms with Gasteiger partial charge in [-0.15, -0.1) is 23.7 Å². The summed E-state index contributed by atoms with van der Waals surface area (Å²) in [6, 6.07) is 23.2. The molecule has 0 bridgehead atoms. The van der Waals surface area contributed by atoms with E-state index in [4.69, 9.17) is 28.7 Å². The molecule has 1 amide bonds. The van der Waals surface area contributed by atoms with Crippen LogP contribution in [-0.4, -0.2) is 33.6 Å². The number of nitrogens with one attached hydrogen (secondary N) is 1. The molecule has 0 spiro atoms. The Hall–Kier alpha value is -4.16. The van der Waals surface area contributed by atoms with Crippen molar-refractivity contribution in [3.05, 3.63) is 105 Å². The SMILES string of the molecule is C#CC[C@H](c1nc2cc(Cl)ccc2c(=O)n1Nc1ccccc1)N(CCCN)C(=O)c1cc2ccccc2s1. The number of hydrogen-bond donors (Lipinski definition) is 2. The molecule has 0 fully saturated rings. The molecule has 0 radical (unpaired) electrons. The van der Waals surface area contributed by atoms with Crippen LogP contribution >= 0.6 is 22.9 Å². The molecule has 0 saturated carbocycles. The predicted molar refractivity (Wildman–Crippen MR) is 159 cm³/mol. The minimum Gasteiger partial charge on any atom is -0.330 e. The molecule has 39 heavy (non-hydrogen) atoms. The molecule has 2 heterocycles. The van der Waals surface area contributed by atoms with Crippen LogP contribution in [0.2, 0.25) is 5.02 Å². The van der Waals surface area contributed by atoms with Gasteiger partial charge in [0.15, 0.2) is 5.82 Å². The lowest BCUT2D eigenvalue weighted by Gasteiger charge is -2.31. The smallest absolute Gasteiger partial charge is 0.280 e. The number of halogens is 1. The van der Waals surface area contributed by atoms with Crippen molar-refractivity contribution in [2.24, 2.45) is 5.73 Å². The number of thiophene rings is 1. The van der Waals surface area contributed by atoms with E-state index in [0.29, 0.717) is 51.8 Å². The van der Waals surface area contributed by atoms with E-state index < -0.39 is 6.04 Å². The predicted octanol–water partition coefficient (Wildman–Crippen LogP) is 5.70. The van der Waals surface area contributed by atoms with Crippen molar-refractivity contribution in [3.8, 4) is 12.3 Å². The van der Waals surface area contributed by atoms with Gasteiger partial charge in [0.05, 0.1) is 21.5 Å². The highest BCUT2D eigenvalue weighted by Gasteiger charge is 2.31. The number of nitrogens with two attached hydrogens (primary N) is 1. The van der Waals surface area contributed by atoms with Gasteiger partial charge in [-0.2, -0.15) is 0 Å². The first-order chi connectivity index (χ1) is 19.0. The van der Waals surface area contributed by atoms with Crippen molar-refractivity contribution in [3.63, 3.8) is 0 Å². The summed E-state index contributed by atoms with van der Waals surface area (Å²) in [6.45, 7) is 0.722. The molecule has 2 aromatic heterocycles. The summed E-state index contributed by atoms with van der Waals surface area (Å²) in [7, 11) is 0. The van der Waals surface area contributed by atoms with Crippen LogP contribution in [0.1, 0.15) is 34.4 Å². The second-order valence-electron chi connectivity index (χ2n) is 8.96. The lowest BCUT2D eigenvalue weighted by atomic mass is 10.1. The molecule has 0 saturated heterocycles. The molecule has 0 aliphatic heterocycles. The Balaban J connectivity index is 1.69. The largest absolute Gasteiger partial charge is 0.330 e. The lowest BCUT2D eigenvalue weighted by molar-refractivity contribution is 0.0671. The number of nitrogens with zero attached hydrogens (tertiary/aromatic N) is 3. The number of carbonyl (C=O) groups excluding carboxylic acids is 1. The number of anilines is 1. The van der Waals surface area contributed by atoms with Gasteiger partial charge in [-0.05, 0) is 60.8 Å². The fraction of sp³-hybridized carbons (Fsp3) is 0.167. The third kappa shape index (κ3) is 5.52. The maximum Gasteiger partial charge on any atom is 0.280 e. The minimum absolute atomic E-state index is 0.135. The third-order valence-corrected chi connectivity index (χ3v) is 7.70. The Morgan fingerprint density at radius 3 is 2.64 bits per heavy atom.